The van der Waals surface area contributed by atoms with Gasteiger partial charge in [0.15, 0.2) is 18.2 Å². The summed E-state index contributed by atoms with van der Waals surface area (Å²) in [5, 5.41) is 17.4. The molecule has 1 aromatic rings. The molecule has 1 rings (SSSR count). The quantitative estimate of drug-likeness (QED) is 0.799. The number of aliphatic hydroxyl groups excluding tert-OH is 1. The molecule has 0 aliphatic carbocycles. The van der Waals surface area contributed by atoms with Crippen molar-refractivity contribution in [3.05, 3.63) is 29.6 Å². The number of halogens is 1. The summed E-state index contributed by atoms with van der Waals surface area (Å²) < 4.78 is 18.0. The average molecular weight is 195 g/mol. The molecular weight excluding hydrogens is 185 g/mol. The van der Waals surface area contributed by atoms with Gasteiger partial charge in [-0.25, -0.2) is 4.39 Å². The zero-order valence-corrected chi connectivity index (χ0v) is 7.70. The molecule has 0 fully saturated rings. The van der Waals surface area contributed by atoms with Crippen LogP contribution in [0.15, 0.2) is 18.2 Å². The molecule has 1 N–H and O–H groups in total. The van der Waals surface area contributed by atoms with Gasteiger partial charge in [0.2, 0.25) is 0 Å². The molecule has 0 unspecified atom stereocenters. The van der Waals surface area contributed by atoms with E-state index in [1.165, 1.54) is 12.1 Å². The van der Waals surface area contributed by atoms with Crippen molar-refractivity contribution in [1.82, 2.24) is 0 Å². The first kappa shape index (κ1) is 10.5. The Labute approximate surface area is 81.4 Å². The highest BCUT2D eigenvalue weighted by Crippen LogP contribution is 2.21. The van der Waals surface area contributed by atoms with Crippen molar-refractivity contribution < 1.29 is 14.2 Å². The molecule has 1 aromatic carbocycles. The third-order valence-electron chi connectivity index (χ3n) is 1.73. The number of ether oxygens (including phenoxy) is 1. The number of hydrogen-bond donors (Lipinski definition) is 1. The van der Waals surface area contributed by atoms with E-state index in [-0.39, 0.29) is 12.4 Å². The van der Waals surface area contributed by atoms with E-state index in [0.717, 1.165) is 0 Å². The molecule has 0 radical (unpaired) electrons. The predicted octanol–water partition coefficient (Wildman–Crippen LogP) is 1.78. The van der Waals surface area contributed by atoms with Gasteiger partial charge in [-0.05, 0) is 24.6 Å². The molecule has 0 aliphatic heterocycles. The number of hydrogen-bond acceptors (Lipinski definition) is 3. The maximum atomic E-state index is 13.2. The minimum atomic E-state index is -0.713. The molecule has 0 aliphatic rings. The molecule has 14 heavy (non-hydrogen) atoms. The minimum Gasteiger partial charge on any atom is -0.476 e. The van der Waals surface area contributed by atoms with E-state index in [4.69, 9.17) is 15.1 Å². The second kappa shape index (κ2) is 4.58. The zero-order valence-electron chi connectivity index (χ0n) is 7.70. The number of nitrogens with zero attached hydrogens (tertiary/aromatic N) is 1. The molecule has 0 saturated carbocycles. The summed E-state index contributed by atoms with van der Waals surface area (Å²) in [5.74, 6) is -0.547. The van der Waals surface area contributed by atoms with Crippen LogP contribution in [-0.4, -0.2) is 11.7 Å². The van der Waals surface area contributed by atoms with Gasteiger partial charge in [-0.3, -0.25) is 0 Å². The number of benzene rings is 1. The zero-order chi connectivity index (χ0) is 10.6. The Kier molecular flexibility index (Phi) is 3.43. The summed E-state index contributed by atoms with van der Waals surface area (Å²) in [7, 11) is 0. The van der Waals surface area contributed by atoms with Crippen molar-refractivity contribution in [2.75, 3.05) is 6.61 Å². The summed E-state index contributed by atoms with van der Waals surface area (Å²) in [6.45, 7) is 1.36. The highest BCUT2D eigenvalue weighted by Gasteiger charge is 2.07. The van der Waals surface area contributed by atoms with Crippen LogP contribution in [0.5, 0.6) is 5.75 Å². The smallest absolute Gasteiger partial charge is 0.174 e. The van der Waals surface area contributed by atoms with E-state index in [1.807, 2.05) is 0 Å². The maximum Gasteiger partial charge on any atom is 0.174 e. The van der Waals surface area contributed by atoms with Crippen LogP contribution in [0, 0.1) is 17.1 Å². The van der Waals surface area contributed by atoms with Crippen LogP contribution in [0.4, 0.5) is 4.39 Å². The normalized spacial score (nSPS) is 11.9. The van der Waals surface area contributed by atoms with Gasteiger partial charge < -0.3 is 9.84 Å². The van der Waals surface area contributed by atoms with Crippen molar-refractivity contribution in [2.24, 2.45) is 0 Å². The van der Waals surface area contributed by atoms with Crippen molar-refractivity contribution >= 4 is 0 Å². The lowest BCUT2D eigenvalue weighted by atomic mass is 10.1. The first-order chi connectivity index (χ1) is 6.65. The van der Waals surface area contributed by atoms with Gasteiger partial charge in [0.1, 0.15) is 6.07 Å². The average Bonchev–Trinajstić information content (AvgIpc) is 2.15. The molecule has 0 saturated heterocycles. The Balaban J connectivity index is 2.85. The number of rotatable bonds is 3. The summed E-state index contributed by atoms with van der Waals surface area (Å²) >= 11 is 0. The third kappa shape index (κ3) is 2.44. The Bertz CT molecular complexity index is 358. The van der Waals surface area contributed by atoms with Gasteiger partial charge in [0.25, 0.3) is 0 Å². The molecule has 0 heterocycles. The van der Waals surface area contributed by atoms with E-state index in [0.29, 0.717) is 5.56 Å². The first-order valence-electron chi connectivity index (χ1n) is 4.12. The van der Waals surface area contributed by atoms with Gasteiger partial charge in [0.05, 0.1) is 6.10 Å². The van der Waals surface area contributed by atoms with E-state index in [2.05, 4.69) is 0 Å². The monoisotopic (exact) mass is 195 g/mol. The molecule has 0 amide bonds. The van der Waals surface area contributed by atoms with Crippen molar-refractivity contribution in [1.29, 1.82) is 5.26 Å². The van der Waals surface area contributed by atoms with Crippen molar-refractivity contribution in [2.45, 2.75) is 13.0 Å². The van der Waals surface area contributed by atoms with Gasteiger partial charge in [-0.15, -0.1) is 0 Å². The van der Waals surface area contributed by atoms with E-state index in [9.17, 15) is 4.39 Å². The highest BCUT2D eigenvalue weighted by atomic mass is 19.1. The molecular formula is C10H10FNO2. The standard InChI is InChI=1S/C10H10FNO2/c1-7(13)8-2-3-10(9(11)6-8)14-5-4-12/h2-3,6-7,13H,5H2,1H3/t7-/m1/s1. The Hall–Kier alpha value is -1.60. The largest absolute Gasteiger partial charge is 0.476 e. The lowest BCUT2D eigenvalue weighted by Gasteiger charge is -2.07. The van der Waals surface area contributed by atoms with Crippen LogP contribution in [-0.2, 0) is 0 Å². The first-order valence-corrected chi connectivity index (χ1v) is 4.12. The fraction of sp³-hybridized carbons (Fsp3) is 0.300. The van der Waals surface area contributed by atoms with E-state index < -0.39 is 11.9 Å². The fourth-order valence-corrected chi connectivity index (χ4v) is 1.00. The molecule has 74 valence electrons. The van der Waals surface area contributed by atoms with Gasteiger partial charge in [-0.2, -0.15) is 5.26 Å². The Morgan fingerprint density at radius 2 is 2.36 bits per heavy atom. The second-order valence-corrected chi connectivity index (χ2v) is 2.81. The lowest BCUT2D eigenvalue weighted by Crippen LogP contribution is -1.98. The van der Waals surface area contributed by atoms with Crippen molar-refractivity contribution in [3.63, 3.8) is 0 Å². The maximum absolute atomic E-state index is 13.2. The highest BCUT2D eigenvalue weighted by molar-refractivity contribution is 5.30. The minimum absolute atomic E-state index is 0.0240. The summed E-state index contributed by atoms with van der Waals surface area (Å²) in [6, 6.07) is 5.89. The van der Waals surface area contributed by atoms with Crippen LogP contribution in [0.2, 0.25) is 0 Å². The van der Waals surface area contributed by atoms with Gasteiger partial charge in [-0.1, -0.05) is 6.07 Å². The number of nitriles is 1. The van der Waals surface area contributed by atoms with Crippen LogP contribution < -0.4 is 4.74 Å². The molecule has 0 bridgehead atoms. The molecule has 0 spiro atoms. The molecule has 1 atom stereocenters. The van der Waals surface area contributed by atoms with Gasteiger partial charge >= 0.3 is 0 Å². The molecule has 0 aromatic heterocycles. The predicted molar refractivity (Wildman–Crippen MR) is 48.1 cm³/mol. The topological polar surface area (TPSA) is 53.2 Å². The van der Waals surface area contributed by atoms with Crippen LogP contribution in [0.1, 0.15) is 18.6 Å². The fourth-order valence-electron chi connectivity index (χ4n) is 1.00. The summed E-state index contributed by atoms with van der Waals surface area (Å²) in [4.78, 5) is 0. The van der Waals surface area contributed by atoms with E-state index in [1.54, 1.807) is 19.1 Å². The summed E-state index contributed by atoms with van der Waals surface area (Å²) in [5.41, 5.74) is 0.479. The summed E-state index contributed by atoms with van der Waals surface area (Å²) in [6.07, 6.45) is -0.713. The van der Waals surface area contributed by atoms with Crippen LogP contribution in [0.25, 0.3) is 0 Å². The Morgan fingerprint density at radius 1 is 1.64 bits per heavy atom. The van der Waals surface area contributed by atoms with Crippen molar-refractivity contribution in [3.8, 4) is 11.8 Å². The van der Waals surface area contributed by atoms with Gasteiger partial charge in [0, 0.05) is 0 Å². The van der Waals surface area contributed by atoms with E-state index >= 15 is 0 Å². The number of aliphatic hydroxyl groups is 1. The third-order valence-corrected chi connectivity index (χ3v) is 1.73. The Morgan fingerprint density at radius 3 is 2.86 bits per heavy atom. The lowest BCUT2D eigenvalue weighted by molar-refractivity contribution is 0.198. The SMILES string of the molecule is C[C@@H](O)c1ccc(OCC#N)c(F)c1. The van der Waals surface area contributed by atoms with Crippen LogP contribution in [0.3, 0.4) is 0 Å². The molecule has 3 nitrogen and oxygen atoms in total. The second-order valence-electron chi connectivity index (χ2n) is 2.81. The molecule has 4 heteroatoms. The van der Waals surface area contributed by atoms with Crippen LogP contribution >= 0.6 is 0 Å².